The molecule has 0 saturated carbocycles. The van der Waals surface area contributed by atoms with Crippen molar-refractivity contribution >= 4 is 17.5 Å². The van der Waals surface area contributed by atoms with Gasteiger partial charge in [0.15, 0.2) is 0 Å². The van der Waals surface area contributed by atoms with Gasteiger partial charge in [-0.1, -0.05) is 32.0 Å². The van der Waals surface area contributed by atoms with Crippen molar-refractivity contribution in [2.75, 3.05) is 18.5 Å². The van der Waals surface area contributed by atoms with Gasteiger partial charge in [0.05, 0.1) is 11.7 Å². The first-order valence-corrected chi connectivity index (χ1v) is 9.13. The molecular weight excluding hydrogens is 328 g/mol. The van der Waals surface area contributed by atoms with E-state index in [9.17, 15) is 4.79 Å². The van der Waals surface area contributed by atoms with Crippen molar-refractivity contribution in [2.24, 2.45) is 0 Å². The van der Waals surface area contributed by atoms with E-state index in [0.717, 1.165) is 30.7 Å². The molecule has 0 bridgehead atoms. The second-order valence-corrected chi connectivity index (χ2v) is 6.96. The maximum absolute atomic E-state index is 12.2. The maximum Gasteiger partial charge on any atom is 0.254 e. The molecule has 0 spiro atoms. The standard InChI is InChI=1S/C20H26N4O2/c1-13(2)17-8-4-6-14(3)18(17)24-20-22-10-15(11-23-20)19(25)21-12-16-7-5-9-26-16/h4,6,8,10-11,13,16H,5,7,9,12H2,1-3H3,(H,21,25)(H,22,23,24). The van der Waals surface area contributed by atoms with Crippen molar-refractivity contribution in [3.8, 4) is 0 Å². The molecule has 2 heterocycles. The fourth-order valence-corrected chi connectivity index (χ4v) is 3.08. The van der Waals surface area contributed by atoms with Crippen molar-refractivity contribution in [3.05, 3.63) is 47.3 Å². The molecule has 1 aromatic carbocycles. The molecule has 6 nitrogen and oxygen atoms in total. The van der Waals surface area contributed by atoms with Crippen LogP contribution in [0.15, 0.2) is 30.6 Å². The number of anilines is 2. The third kappa shape index (κ3) is 4.38. The zero-order valence-corrected chi connectivity index (χ0v) is 15.6. The molecule has 1 unspecified atom stereocenters. The van der Waals surface area contributed by atoms with Crippen LogP contribution in [0.3, 0.4) is 0 Å². The number of hydrogen-bond donors (Lipinski definition) is 2. The van der Waals surface area contributed by atoms with Crippen molar-refractivity contribution in [3.63, 3.8) is 0 Å². The third-order valence-corrected chi connectivity index (χ3v) is 4.59. The first-order valence-electron chi connectivity index (χ1n) is 9.13. The van der Waals surface area contributed by atoms with Crippen molar-refractivity contribution in [1.82, 2.24) is 15.3 Å². The highest BCUT2D eigenvalue weighted by molar-refractivity contribution is 5.93. The van der Waals surface area contributed by atoms with Crippen LogP contribution in [0.2, 0.25) is 0 Å². The number of hydrogen-bond acceptors (Lipinski definition) is 5. The minimum atomic E-state index is -0.175. The van der Waals surface area contributed by atoms with E-state index in [1.807, 2.05) is 0 Å². The van der Waals surface area contributed by atoms with Gasteiger partial charge < -0.3 is 15.4 Å². The van der Waals surface area contributed by atoms with E-state index < -0.39 is 0 Å². The van der Waals surface area contributed by atoms with Gasteiger partial charge in [-0.25, -0.2) is 9.97 Å². The zero-order valence-electron chi connectivity index (χ0n) is 15.6. The third-order valence-electron chi connectivity index (χ3n) is 4.59. The molecule has 2 N–H and O–H groups in total. The summed E-state index contributed by atoms with van der Waals surface area (Å²) in [7, 11) is 0. The maximum atomic E-state index is 12.2. The quantitative estimate of drug-likeness (QED) is 0.829. The molecular formula is C20H26N4O2. The minimum absolute atomic E-state index is 0.122. The van der Waals surface area contributed by atoms with Gasteiger partial charge >= 0.3 is 0 Å². The SMILES string of the molecule is Cc1cccc(C(C)C)c1Nc1ncc(C(=O)NCC2CCCO2)cn1. The molecule has 1 aromatic heterocycles. The number of para-hydroxylation sites is 1. The summed E-state index contributed by atoms with van der Waals surface area (Å²) in [5.41, 5.74) is 3.82. The van der Waals surface area contributed by atoms with E-state index >= 15 is 0 Å². The lowest BCUT2D eigenvalue weighted by Crippen LogP contribution is -2.31. The number of benzene rings is 1. The first kappa shape index (κ1) is 18.3. The highest BCUT2D eigenvalue weighted by Crippen LogP contribution is 2.29. The summed E-state index contributed by atoms with van der Waals surface area (Å²) in [5.74, 6) is 0.697. The van der Waals surface area contributed by atoms with Crippen LogP contribution in [0.25, 0.3) is 0 Å². The summed E-state index contributed by atoms with van der Waals surface area (Å²) in [6.07, 6.45) is 5.27. The Morgan fingerprint density at radius 2 is 2.08 bits per heavy atom. The predicted molar refractivity (Wildman–Crippen MR) is 102 cm³/mol. The van der Waals surface area contributed by atoms with Gasteiger partial charge in [-0.05, 0) is 36.8 Å². The Bertz CT molecular complexity index is 753. The Morgan fingerprint density at radius 3 is 2.73 bits per heavy atom. The fraction of sp³-hybridized carbons (Fsp3) is 0.450. The Balaban J connectivity index is 1.65. The monoisotopic (exact) mass is 354 g/mol. The Morgan fingerprint density at radius 1 is 1.31 bits per heavy atom. The van der Waals surface area contributed by atoms with Crippen molar-refractivity contribution in [2.45, 2.75) is 45.6 Å². The number of amides is 1. The Hall–Kier alpha value is -2.47. The molecule has 6 heteroatoms. The highest BCUT2D eigenvalue weighted by Gasteiger charge is 2.17. The summed E-state index contributed by atoms with van der Waals surface area (Å²) < 4.78 is 5.51. The molecule has 1 fully saturated rings. The van der Waals surface area contributed by atoms with E-state index in [1.54, 1.807) is 12.4 Å². The van der Waals surface area contributed by atoms with Crippen LogP contribution < -0.4 is 10.6 Å². The second-order valence-electron chi connectivity index (χ2n) is 6.96. The largest absolute Gasteiger partial charge is 0.376 e. The summed E-state index contributed by atoms with van der Waals surface area (Å²) in [6.45, 7) is 7.67. The zero-order chi connectivity index (χ0) is 18.5. The molecule has 0 radical (unpaired) electrons. The van der Waals surface area contributed by atoms with E-state index in [0.29, 0.717) is 24.0 Å². The van der Waals surface area contributed by atoms with Crippen LogP contribution >= 0.6 is 0 Å². The molecule has 1 amide bonds. The van der Waals surface area contributed by atoms with Gasteiger partial charge in [0, 0.05) is 31.2 Å². The van der Waals surface area contributed by atoms with Crippen molar-refractivity contribution in [1.29, 1.82) is 0 Å². The average Bonchev–Trinajstić information content (AvgIpc) is 3.15. The lowest BCUT2D eigenvalue weighted by atomic mass is 9.98. The molecule has 3 rings (SSSR count). The number of rotatable bonds is 6. The topological polar surface area (TPSA) is 76.1 Å². The molecule has 0 aliphatic carbocycles. The van der Waals surface area contributed by atoms with Crippen LogP contribution in [-0.2, 0) is 4.74 Å². The number of carbonyl (C=O) groups excluding carboxylic acids is 1. The van der Waals surface area contributed by atoms with Gasteiger partial charge in [0.25, 0.3) is 5.91 Å². The van der Waals surface area contributed by atoms with Crippen LogP contribution in [0.5, 0.6) is 0 Å². The molecule has 1 atom stereocenters. The molecule has 1 aliphatic rings. The smallest absolute Gasteiger partial charge is 0.254 e. The molecule has 1 saturated heterocycles. The highest BCUT2D eigenvalue weighted by atomic mass is 16.5. The van der Waals surface area contributed by atoms with E-state index in [1.165, 1.54) is 5.56 Å². The van der Waals surface area contributed by atoms with Gasteiger partial charge in [-0.3, -0.25) is 4.79 Å². The Kier molecular flexibility index (Phi) is 5.83. The molecule has 26 heavy (non-hydrogen) atoms. The first-order chi connectivity index (χ1) is 12.5. The summed E-state index contributed by atoms with van der Waals surface area (Å²) in [6, 6.07) is 6.21. The number of nitrogens with one attached hydrogen (secondary N) is 2. The van der Waals surface area contributed by atoms with Crippen LogP contribution in [0.4, 0.5) is 11.6 Å². The van der Waals surface area contributed by atoms with Gasteiger partial charge in [-0.2, -0.15) is 0 Å². The van der Waals surface area contributed by atoms with Crippen LogP contribution in [0.1, 0.15) is 54.1 Å². The number of aryl methyl sites for hydroxylation is 1. The molecule has 1 aliphatic heterocycles. The van der Waals surface area contributed by atoms with Gasteiger partial charge in [0.2, 0.25) is 5.95 Å². The summed E-state index contributed by atoms with van der Waals surface area (Å²) >= 11 is 0. The number of aromatic nitrogens is 2. The molecule has 2 aromatic rings. The van der Waals surface area contributed by atoms with Gasteiger partial charge in [-0.15, -0.1) is 0 Å². The number of nitrogens with zero attached hydrogens (tertiary/aromatic N) is 2. The number of carbonyl (C=O) groups is 1. The average molecular weight is 354 g/mol. The van der Waals surface area contributed by atoms with E-state index in [4.69, 9.17) is 4.74 Å². The van der Waals surface area contributed by atoms with Gasteiger partial charge in [0.1, 0.15) is 0 Å². The normalized spacial score (nSPS) is 16.7. The molecule has 138 valence electrons. The number of ether oxygens (including phenoxy) is 1. The predicted octanol–water partition coefficient (Wildman–Crippen LogP) is 3.56. The second kappa shape index (κ2) is 8.27. The minimum Gasteiger partial charge on any atom is -0.376 e. The lowest BCUT2D eigenvalue weighted by molar-refractivity contribution is 0.0857. The Labute approximate surface area is 154 Å². The van der Waals surface area contributed by atoms with E-state index in [-0.39, 0.29) is 12.0 Å². The lowest BCUT2D eigenvalue weighted by Gasteiger charge is -2.16. The fourth-order valence-electron chi connectivity index (χ4n) is 3.08. The summed E-state index contributed by atoms with van der Waals surface area (Å²) in [5, 5.41) is 6.17. The van der Waals surface area contributed by atoms with Crippen LogP contribution in [-0.4, -0.2) is 35.1 Å². The van der Waals surface area contributed by atoms with Crippen molar-refractivity contribution < 1.29 is 9.53 Å². The van der Waals surface area contributed by atoms with Crippen LogP contribution in [0, 0.1) is 6.92 Å². The van der Waals surface area contributed by atoms with E-state index in [2.05, 4.69) is 59.6 Å². The summed E-state index contributed by atoms with van der Waals surface area (Å²) in [4.78, 5) is 20.8.